The van der Waals surface area contributed by atoms with Gasteiger partial charge in [-0.25, -0.2) is 0 Å². The Bertz CT molecular complexity index is 1050. The highest BCUT2D eigenvalue weighted by Gasteiger charge is 2.43. The lowest BCUT2D eigenvalue weighted by molar-refractivity contribution is -0.286. The molecule has 1 aromatic carbocycles. The van der Waals surface area contributed by atoms with Crippen LogP contribution in [0.15, 0.2) is 18.2 Å². The summed E-state index contributed by atoms with van der Waals surface area (Å²) in [6.45, 7) is 2.78. The van der Waals surface area contributed by atoms with E-state index in [4.69, 9.17) is 9.72 Å². The third kappa shape index (κ3) is 4.75. The number of ether oxygens (including phenoxy) is 3. The quantitative estimate of drug-likeness (QED) is 0.669. The Morgan fingerprint density at radius 1 is 1.06 bits per heavy atom. The Labute approximate surface area is 189 Å². The number of nitrogens with zero attached hydrogens (tertiary/aromatic N) is 6. The van der Waals surface area contributed by atoms with Crippen molar-refractivity contribution in [1.82, 2.24) is 15.0 Å². The van der Waals surface area contributed by atoms with Crippen LogP contribution in [0.3, 0.4) is 0 Å². The van der Waals surface area contributed by atoms with Crippen LogP contribution in [0.5, 0.6) is 11.5 Å². The number of aromatic nitrogens is 3. The zero-order valence-electron chi connectivity index (χ0n) is 18.0. The molecular weight excluding hydrogens is 434 g/mol. The molecule has 174 valence electrons. The van der Waals surface area contributed by atoms with Crippen LogP contribution in [-0.2, 0) is 11.3 Å². The second-order valence-electron chi connectivity index (χ2n) is 8.34. The van der Waals surface area contributed by atoms with Gasteiger partial charge in [-0.15, -0.1) is 8.78 Å². The molecule has 0 amide bonds. The lowest BCUT2D eigenvalue weighted by Gasteiger charge is -2.35. The average molecular weight is 458 g/mol. The number of alkyl halides is 2. The van der Waals surface area contributed by atoms with Crippen molar-refractivity contribution in [3.8, 4) is 17.6 Å². The molecule has 2 aromatic rings. The van der Waals surface area contributed by atoms with Crippen LogP contribution in [0.25, 0.3) is 0 Å². The van der Waals surface area contributed by atoms with Gasteiger partial charge >= 0.3 is 6.29 Å². The summed E-state index contributed by atoms with van der Waals surface area (Å²) in [5.74, 6) is 0.925. The Morgan fingerprint density at radius 3 is 2.58 bits per heavy atom. The third-order valence-electron chi connectivity index (χ3n) is 6.10. The zero-order chi connectivity index (χ0) is 22.8. The van der Waals surface area contributed by atoms with Crippen LogP contribution >= 0.6 is 0 Å². The summed E-state index contributed by atoms with van der Waals surface area (Å²) in [6, 6.07) is 6.98. The minimum absolute atomic E-state index is 0.00320. The number of hydrogen-bond donors (Lipinski definition) is 0. The fraction of sp³-hybridized carbons (Fsp3) is 0.545. The first-order valence-electron chi connectivity index (χ1n) is 11.1. The molecule has 2 fully saturated rings. The van der Waals surface area contributed by atoms with Gasteiger partial charge in [-0.1, -0.05) is 25.3 Å². The number of anilines is 2. The largest absolute Gasteiger partial charge is 0.586 e. The normalized spacial score (nSPS) is 19.8. The maximum Gasteiger partial charge on any atom is 0.586 e. The average Bonchev–Trinajstić information content (AvgIpc) is 3.16. The lowest BCUT2D eigenvalue weighted by atomic mass is 9.94. The first kappa shape index (κ1) is 21.6. The number of halogens is 2. The summed E-state index contributed by atoms with van der Waals surface area (Å²) in [6.07, 6.45) is 1.60. The Kier molecular flexibility index (Phi) is 5.85. The van der Waals surface area contributed by atoms with Crippen LogP contribution in [0, 0.1) is 11.3 Å². The van der Waals surface area contributed by atoms with E-state index in [-0.39, 0.29) is 23.4 Å². The molecule has 33 heavy (non-hydrogen) atoms. The number of rotatable bonds is 5. The van der Waals surface area contributed by atoms with E-state index in [1.54, 1.807) is 12.1 Å². The van der Waals surface area contributed by atoms with Crippen molar-refractivity contribution in [3.05, 3.63) is 29.6 Å². The van der Waals surface area contributed by atoms with Gasteiger partial charge in [-0.3, -0.25) is 0 Å². The van der Waals surface area contributed by atoms with Crippen molar-refractivity contribution in [1.29, 1.82) is 5.26 Å². The standard InChI is InChI=1S/C22H24F2N6O3/c23-22(24)32-17-7-6-15(12-18(17)33-22)14-30(16-4-2-1-3-5-16)21-27-19(13-25)26-20(28-21)29-8-10-31-11-9-29/h6-7,12,16H,1-5,8-11,14H2. The van der Waals surface area contributed by atoms with Gasteiger partial charge in [0.25, 0.3) is 0 Å². The van der Waals surface area contributed by atoms with Crippen LogP contribution in [0.1, 0.15) is 43.5 Å². The molecule has 9 nitrogen and oxygen atoms in total. The highest BCUT2D eigenvalue weighted by Crippen LogP contribution is 2.41. The first-order valence-corrected chi connectivity index (χ1v) is 11.1. The van der Waals surface area contributed by atoms with E-state index in [1.807, 2.05) is 11.0 Å². The summed E-state index contributed by atoms with van der Waals surface area (Å²) < 4.78 is 41.5. The molecule has 11 heteroatoms. The van der Waals surface area contributed by atoms with E-state index in [2.05, 4.69) is 24.3 Å². The molecule has 0 N–H and O–H groups in total. The van der Waals surface area contributed by atoms with Crippen molar-refractivity contribution < 1.29 is 23.0 Å². The van der Waals surface area contributed by atoms with Crippen LogP contribution in [0.4, 0.5) is 20.7 Å². The van der Waals surface area contributed by atoms with E-state index in [9.17, 15) is 14.0 Å². The van der Waals surface area contributed by atoms with Gasteiger partial charge in [-0.05, 0) is 30.5 Å². The van der Waals surface area contributed by atoms with Crippen LogP contribution in [-0.4, -0.2) is 53.6 Å². The number of hydrogen-bond acceptors (Lipinski definition) is 9. The van der Waals surface area contributed by atoms with Crippen molar-refractivity contribution in [2.24, 2.45) is 0 Å². The fourth-order valence-corrected chi connectivity index (χ4v) is 4.48. The SMILES string of the molecule is N#Cc1nc(N2CCOCC2)nc(N(Cc2ccc3c(c2)OC(F)(F)O3)C2CCCCC2)n1. The van der Waals surface area contributed by atoms with E-state index in [1.165, 1.54) is 12.5 Å². The van der Waals surface area contributed by atoms with E-state index >= 15 is 0 Å². The monoisotopic (exact) mass is 458 g/mol. The van der Waals surface area contributed by atoms with E-state index < -0.39 is 6.29 Å². The van der Waals surface area contributed by atoms with Crippen molar-refractivity contribution in [2.45, 2.75) is 51.0 Å². The molecule has 1 saturated carbocycles. The van der Waals surface area contributed by atoms with Gasteiger partial charge < -0.3 is 24.0 Å². The van der Waals surface area contributed by atoms with Crippen molar-refractivity contribution in [3.63, 3.8) is 0 Å². The van der Waals surface area contributed by atoms with Gasteiger partial charge in [0, 0.05) is 25.7 Å². The molecule has 1 saturated heterocycles. The maximum absolute atomic E-state index is 13.5. The highest BCUT2D eigenvalue weighted by atomic mass is 19.3. The summed E-state index contributed by atoms with van der Waals surface area (Å²) in [5, 5.41) is 9.56. The Balaban J connectivity index is 1.48. The van der Waals surface area contributed by atoms with Crippen LogP contribution in [0.2, 0.25) is 0 Å². The Hall–Kier alpha value is -3.26. The van der Waals surface area contributed by atoms with Gasteiger partial charge in [0.05, 0.1) is 13.2 Å². The first-order chi connectivity index (χ1) is 16.0. The molecule has 0 radical (unpaired) electrons. The molecule has 0 unspecified atom stereocenters. The molecule has 0 bridgehead atoms. The van der Waals surface area contributed by atoms with Crippen molar-refractivity contribution >= 4 is 11.9 Å². The molecular formula is C22H24F2N6O3. The molecule has 1 aromatic heterocycles. The van der Waals surface area contributed by atoms with Crippen molar-refractivity contribution in [2.75, 3.05) is 36.1 Å². The summed E-state index contributed by atoms with van der Waals surface area (Å²) in [4.78, 5) is 17.5. The summed E-state index contributed by atoms with van der Waals surface area (Å²) in [7, 11) is 0. The summed E-state index contributed by atoms with van der Waals surface area (Å²) >= 11 is 0. The van der Waals surface area contributed by atoms with Gasteiger partial charge in [0.1, 0.15) is 6.07 Å². The second kappa shape index (κ2) is 8.94. The topological polar surface area (TPSA) is 96.6 Å². The molecule has 0 spiro atoms. The predicted octanol–water partition coefficient (Wildman–Crippen LogP) is 3.24. The number of morpholine rings is 1. The molecule has 2 aliphatic heterocycles. The number of fused-ring (bicyclic) bond motifs is 1. The zero-order valence-corrected chi connectivity index (χ0v) is 18.0. The number of nitriles is 1. The predicted molar refractivity (Wildman–Crippen MR) is 113 cm³/mol. The minimum atomic E-state index is -3.66. The molecule has 1 aliphatic carbocycles. The Morgan fingerprint density at radius 2 is 1.82 bits per heavy atom. The smallest absolute Gasteiger partial charge is 0.395 e. The van der Waals surface area contributed by atoms with Gasteiger partial charge in [0.2, 0.25) is 17.7 Å². The van der Waals surface area contributed by atoms with Gasteiger partial charge in [-0.2, -0.15) is 20.2 Å². The highest BCUT2D eigenvalue weighted by molar-refractivity contribution is 5.48. The van der Waals surface area contributed by atoms with Crippen LogP contribution < -0.4 is 19.3 Å². The van der Waals surface area contributed by atoms with Gasteiger partial charge in [0.15, 0.2) is 11.5 Å². The molecule has 3 heterocycles. The third-order valence-corrected chi connectivity index (χ3v) is 6.10. The van der Waals surface area contributed by atoms with E-state index in [0.717, 1.165) is 31.2 Å². The molecule has 5 rings (SSSR count). The maximum atomic E-state index is 13.5. The summed E-state index contributed by atoms with van der Waals surface area (Å²) in [5.41, 5.74) is 0.757. The molecule has 3 aliphatic rings. The lowest BCUT2D eigenvalue weighted by Crippen LogP contribution is -2.40. The van der Waals surface area contributed by atoms with E-state index in [0.29, 0.717) is 44.7 Å². The minimum Gasteiger partial charge on any atom is -0.395 e. The fourth-order valence-electron chi connectivity index (χ4n) is 4.48. The second-order valence-corrected chi connectivity index (χ2v) is 8.34. The number of benzene rings is 1. The molecule has 0 atom stereocenters.